The van der Waals surface area contributed by atoms with Crippen LogP contribution in [0.4, 0.5) is 0 Å². The summed E-state index contributed by atoms with van der Waals surface area (Å²) in [5.41, 5.74) is 0. The molecule has 0 radical (unpaired) electrons. The molecule has 6 nitrogen and oxygen atoms in total. The average Bonchev–Trinajstić information content (AvgIpc) is 3.38. The van der Waals surface area contributed by atoms with Gasteiger partial charge in [0.15, 0.2) is 6.10 Å². The highest BCUT2D eigenvalue weighted by Crippen LogP contribution is 2.16. The molecule has 0 aliphatic carbocycles. The van der Waals surface area contributed by atoms with Gasteiger partial charge < -0.3 is 14.2 Å². The molecule has 0 amide bonds. The first-order chi connectivity index (χ1) is 35.5. The van der Waals surface area contributed by atoms with E-state index in [0.717, 1.165) is 77.0 Å². The van der Waals surface area contributed by atoms with Crippen molar-refractivity contribution in [1.82, 2.24) is 0 Å². The highest BCUT2D eigenvalue weighted by atomic mass is 16.6. The predicted molar refractivity (Wildman–Crippen MR) is 311 cm³/mol. The Labute approximate surface area is 445 Å². The highest BCUT2D eigenvalue weighted by molar-refractivity contribution is 5.71. The quantitative estimate of drug-likeness (QED) is 0.0261. The maximum absolute atomic E-state index is 12.8. The summed E-state index contributed by atoms with van der Waals surface area (Å²) < 4.78 is 16.8. The van der Waals surface area contributed by atoms with Gasteiger partial charge in [-0.15, -0.1) is 0 Å². The number of ether oxygens (including phenoxy) is 3. The molecule has 72 heavy (non-hydrogen) atoms. The van der Waals surface area contributed by atoms with Crippen LogP contribution in [0.15, 0.2) is 85.1 Å². The number of rotatable bonds is 55. The summed E-state index contributed by atoms with van der Waals surface area (Å²) >= 11 is 0. The van der Waals surface area contributed by atoms with Gasteiger partial charge in [0, 0.05) is 19.3 Å². The number of carbonyl (C=O) groups is 3. The average molecular weight is 1000 g/mol. The van der Waals surface area contributed by atoms with Crippen molar-refractivity contribution in [3.63, 3.8) is 0 Å². The molecule has 0 saturated heterocycles. The molecule has 0 aliphatic heterocycles. The number of allylic oxidation sites excluding steroid dienone is 14. The molecule has 0 aromatic carbocycles. The SMILES string of the molecule is CC/C=C\C/C=C\C/C=C\C/C=C\CCC(=O)OC(COC(=O)CCCCCCCCCCCC)COC(=O)CCCCCCCCCCCCCCCCCC/C=C\C/C=C\C/C=C\CCCCCCC. The lowest BCUT2D eigenvalue weighted by Gasteiger charge is -2.18. The molecular weight excluding hydrogens is 889 g/mol. The Bertz CT molecular complexity index is 1380. The van der Waals surface area contributed by atoms with Crippen molar-refractivity contribution in [2.75, 3.05) is 13.2 Å². The molecule has 0 heterocycles. The third-order valence-corrected chi connectivity index (χ3v) is 13.1. The van der Waals surface area contributed by atoms with E-state index in [1.807, 2.05) is 6.08 Å². The van der Waals surface area contributed by atoms with Gasteiger partial charge in [-0.2, -0.15) is 0 Å². The molecule has 1 unspecified atom stereocenters. The first-order valence-electron chi connectivity index (χ1n) is 30.6. The minimum atomic E-state index is -0.811. The van der Waals surface area contributed by atoms with Gasteiger partial charge in [-0.25, -0.2) is 0 Å². The van der Waals surface area contributed by atoms with E-state index in [1.54, 1.807) is 0 Å². The Morgan fingerprint density at radius 2 is 0.569 bits per heavy atom. The van der Waals surface area contributed by atoms with Crippen LogP contribution in [0, 0.1) is 0 Å². The molecule has 414 valence electrons. The summed E-state index contributed by atoms with van der Waals surface area (Å²) in [5, 5.41) is 0. The fourth-order valence-corrected chi connectivity index (χ4v) is 8.58. The summed E-state index contributed by atoms with van der Waals surface area (Å²) in [4.78, 5) is 38.0. The molecule has 0 aromatic rings. The summed E-state index contributed by atoms with van der Waals surface area (Å²) in [7, 11) is 0. The second-order valence-corrected chi connectivity index (χ2v) is 20.2. The Balaban J connectivity index is 4.13. The Hall–Kier alpha value is -3.41. The van der Waals surface area contributed by atoms with Crippen LogP contribution in [-0.2, 0) is 28.6 Å². The van der Waals surface area contributed by atoms with Crippen molar-refractivity contribution in [3.8, 4) is 0 Å². The lowest BCUT2D eigenvalue weighted by atomic mass is 10.0. The van der Waals surface area contributed by atoms with Crippen LogP contribution in [0.1, 0.15) is 297 Å². The molecule has 0 spiro atoms. The molecule has 0 aliphatic rings. The van der Waals surface area contributed by atoms with Crippen molar-refractivity contribution in [3.05, 3.63) is 85.1 Å². The number of hydrogen-bond donors (Lipinski definition) is 0. The van der Waals surface area contributed by atoms with Gasteiger partial charge in [0.25, 0.3) is 0 Å². The maximum Gasteiger partial charge on any atom is 0.306 e. The zero-order valence-corrected chi connectivity index (χ0v) is 47.4. The van der Waals surface area contributed by atoms with E-state index >= 15 is 0 Å². The lowest BCUT2D eigenvalue weighted by Crippen LogP contribution is -2.30. The molecule has 0 fully saturated rings. The second kappa shape index (κ2) is 60.1. The molecule has 6 heteroatoms. The molecule has 0 saturated carbocycles. The zero-order valence-electron chi connectivity index (χ0n) is 47.4. The standard InChI is InChI=1S/C66H114O6/c1-4-7-10-13-16-19-22-24-25-26-27-28-29-30-31-32-33-34-35-36-37-38-39-40-41-43-44-47-50-53-56-59-65(68)71-62-63(61-70-64(67)58-55-52-49-46-21-18-15-12-9-6-3)72-66(69)60-57-54-51-48-45-42-23-20-17-14-11-8-5-2/h8,11,17,20,22,24,26-27,29-30,42,45,51,54,63H,4-7,9-10,12-16,18-19,21,23,25,28,31-41,43-44,46-50,52-53,55-62H2,1-3H3/b11-8-,20-17-,24-22-,27-26-,30-29-,45-42-,54-51-. The first-order valence-corrected chi connectivity index (χ1v) is 30.6. The monoisotopic (exact) mass is 1000 g/mol. The van der Waals surface area contributed by atoms with Crippen LogP contribution >= 0.6 is 0 Å². The smallest absolute Gasteiger partial charge is 0.306 e. The number of unbranched alkanes of at least 4 members (excludes halogenated alkanes) is 30. The van der Waals surface area contributed by atoms with E-state index < -0.39 is 6.10 Å². The topological polar surface area (TPSA) is 78.9 Å². The molecule has 0 rings (SSSR count). The van der Waals surface area contributed by atoms with E-state index in [1.165, 1.54) is 173 Å². The highest BCUT2D eigenvalue weighted by Gasteiger charge is 2.19. The van der Waals surface area contributed by atoms with Crippen molar-refractivity contribution >= 4 is 17.9 Å². The Kier molecular flexibility index (Phi) is 57.3. The van der Waals surface area contributed by atoms with Crippen LogP contribution in [0.5, 0.6) is 0 Å². The van der Waals surface area contributed by atoms with Crippen molar-refractivity contribution in [2.24, 2.45) is 0 Å². The van der Waals surface area contributed by atoms with E-state index in [-0.39, 0.29) is 37.5 Å². The van der Waals surface area contributed by atoms with Crippen LogP contribution < -0.4 is 0 Å². The predicted octanol–water partition coefficient (Wildman–Crippen LogP) is 20.7. The molecule has 0 N–H and O–H groups in total. The normalized spacial score (nSPS) is 12.7. The van der Waals surface area contributed by atoms with E-state index in [0.29, 0.717) is 19.3 Å². The van der Waals surface area contributed by atoms with Crippen LogP contribution in [0.25, 0.3) is 0 Å². The van der Waals surface area contributed by atoms with Gasteiger partial charge in [0.1, 0.15) is 13.2 Å². The first kappa shape index (κ1) is 68.6. The van der Waals surface area contributed by atoms with Gasteiger partial charge in [0.05, 0.1) is 0 Å². The van der Waals surface area contributed by atoms with Crippen LogP contribution in [0.3, 0.4) is 0 Å². The largest absolute Gasteiger partial charge is 0.462 e. The molecular formula is C66H114O6. The fraction of sp³-hybridized carbons (Fsp3) is 0.742. The van der Waals surface area contributed by atoms with Gasteiger partial charge in [-0.1, -0.05) is 279 Å². The van der Waals surface area contributed by atoms with Gasteiger partial charge in [-0.05, 0) is 83.5 Å². The minimum absolute atomic E-state index is 0.102. The fourth-order valence-electron chi connectivity index (χ4n) is 8.58. The van der Waals surface area contributed by atoms with E-state index in [2.05, 4.69) is 99.8 Å². The number of carbonyl (C=O) groups excluding carboxylic acids is 3. The van der Waals surface area contributed by atoms with Crippen LogP contribution in [-0.4, -0.2) is 37.2 Å². The number of esters is 3. The van der Waals surface area contributed by atoms with Crippen molar-refractivity contribution in [2.45, 2.75) is 303 Å². The van der Waals surface area contributed by atoms with Crippen molar-refractivity contribution < 1.29 is 28.6 Å². The van der Waals surface area contributed by atoms with Gasteiger partial charge in [-0.3, -0.25) is 14.4 Å². The Morgan fingerprint density at radius 1 is 0.292 bits per heavy atom. The third-order valence-electron chi connectivity index (χ3n) is 13.1. The summed E-state index contributed by atoms with van der Waals surface area (Å²) in [6, 6.07) is 0. The molecule has 0 aromatic heterocycles. The number of hydrogen-bond acceptors (Lipinski definition) is 6. The van der Waals surface area contributed by atoms with Crippen molar-refractivity contribution in [1.29, 1.82) is 0 Å². The summed E-state index contributed by atoms with van der Waals surface area (Å²) in [5.74, 6) is -0.979. The van der Waals surface area contributed by atoms with Gasteiger partial charge in [0.2, 0.25) is 0 Å². The van der Waals surface area contributed by atoms with E-state index in [9.17, 15) is 14.4 Å². The zero-order chi connectivity index (χ0) is 52.2. The Morgan fingerprint density at radius 3 is 0.903 bits per heavy atom. The summed E-state index contributed by atoms with van der Waals surface area (Å²) in [6.45, 7) is 6.45. The third kappa shape index (κ3) is 57.5. The van der Waals surface area contributed by atoms with E-state index in [4.69, 9.17) is 14.2 Å². The van der Waals surface area contributed by atoms with Crippen LogP contribution in [0.2, 0.25) is 0 Å². The minimum Gasteiger partial charge on any atom is -0.462 e. The maximum atomic E-state index is 12.8. The molecule has 0 bridgehead atoms. The lowest BCUT2D eigenvalue weighted by molar-refractivity contribution is -0.166. The van der Waals surface area contributed by atoms with Gasteiger partial charge >= 0.3 is 17.9 Å². The summed E-state index contributed by atoms with van der Waals surface area (Å²) in [6.07, 6.45) is 79.1. The second-order valence-electron chi connectivity index (χ2n) is 20.2. The molecule has 1 atom stereocenters.